The highest BCUT2D eigenvalue weighted by molar-refractivity contribution is 5.93. The van der Waals surface area contributed by atoms with Gasteiger partial charge in [0.1, 0.15) is 12.1 Å². The number of fused-ring (bicyclic) bond motifs is 1. The number of hydrogen-bond acceptors (Lipinski definition) is 5. The molecule has 2 rings (SSSR count). The van der Waals surface area contributed by atoms with E-state index in [0.29, 0.717) is 32.4 Å². The zero-order valence-electron chi connectivity index (χ0n) is 22.2. The minimum absolute atomic E-state index is 0.166. The van der Waals surface area contributed by atoms with Gasteiger partial charge in [0.05, 0.1) is 6.04 Å². The Morgan fingerprint density at radius 2 is 1.73 bits per heavy atom. The number of aromatic amines is 1. The number of likely N-dealkylation sites (N-methyl/N-ethyl adjacent to an activating group) is 1. The van der Waals surface area contributed by atoms with Crippen LogP contribution in [0.25, 0.3) is 10.9 Å². The van der Waals surface area contributed by atoms with Crippen molar-refractivity contribution >= 4 is 34.6 Å². The van der Waals surface area contributed by atoms with Gasteiger partial charge >= 0.3 is 0 Å². The van der Waals surface area contributed by atoms with E-state index in [0.717, 1.165) is 16.5 Å². The number of rotatable bonds is 14. The first-order chi connectivity index (χ1) is 17.7. The largest absolute Gasteiger partial charge is 0.361 e. The molecule has 0 radical (unpaired) electrons. The Morgan fingerprint density at radius 3 is 2.41 bits per heavy atom. The first-order valence-electron chi connectivity index (χ1n) is 12.8. The normalized spacial score (nSPS) is 13.5. The molecule has 204 valence electrons. The number of nitrogens with two attached hydrogens (primary N) is 1. The van der Waals surface area contributed by atoms with Crippen LogP contribution in [0, 0.1) is 11.3 Å². The van der Waals surface area contributed by atoms with Crippen LogP contribution in [-0.2, 0) is 20.8 Å². The molecule has 0 saturated carbocycles. The fourth-order valence-corrected chi connectivity index (χ4v) is 4.07. The van der Waals surface area contributed by atoms with E-state index in [4.69, 9.17) is 11.1 Å². The van der Waals surface area contributed by atoms with Gasteiger partial charge in [-0.2, -0.15) is 0 Å². The molecule has 0 fully saturated rings. The van der Waals surface area contributed by atoms with E-state index in [1.54, 1.807) is 7.05 Å². The molecule has 1 aromatic heterocycles. The average molecular weight is 515 g/mol. The molecule has 0 unspecified atom stereocenters. The van der Waals surface area contributed by atoms with Crippen molar-refractivity contribution in [1.82, 2.24) is 31.6 Å². The van der Waals surface area contributed by atoms with Crippen LogP contribution in [0.4, 0.5) is 0 Å². The van der Waals surface area contributed by atoms with E-state index < -0.39 is 29.9 Å². The van der Waals surface area contributed by atoms with E-state index in [-0.39, 0.29) is 24.2 Å². The number of carbonyl (C=O) groups is 3. The van der Waals surface area contributed by atoms with Gasteiger partial charge in [-0.05, 0) is 43.7 Å². The Labute approximate surface area is 218 Å². The van der Waals surface area contributed by atoms with Gasteiger partial charge in [-0.15, -0.1) is 0 Å². The highest BCUT2D eigenvalue weighted by atomic mass is 16.2. The fraction of sp³-hybridized carbons (Fsp3) is 0.538. The summed E-state index contributed by atoms with van der Waals surface area (Å²) in [6, 6.07) is 5.32. The van der Waals surface area contributed by atoms with Crippen molar-refractivity contribution in [3.05, 3.63) is 36.0 Å². The molecule has 11 nitrogen and oxygen atoms in total. The molecule has 3 atom stereocenters. The van der Waals surface area contributed by atoms with Gasteiger partial charge in [0.25, 0.3) is 0 Å². The van der Waals surface area contributed by atoms with Crippen molar-refractivity contribution in [2.24, 2.45) is 11.7 Å². The monoisotopic (exact) mass is 514 g/mol. The number of H-pyrrole nitrogens is 1. The molecule has 0 saturated heterocycles. The number of carbonyl (C=O) groups excluding carboxylic acids is 3. The van der Waals surface area contributed by atoms with Crippen LogP contribution in [0.5, 0.6) is 0 Å². The second kappa shape index (κ2) is 14.8. The van der Waals surface area contributed by atoms with Crippen molar-refractivity contribution in [2.45, 2.75) is 64.6 Å². The molecule has 1 heterocycles. The summed E-state index contributed by atoms with van der Waals surface area (Å²) in [6.07, 6.45) is 3.44. The summed E-state index contributed by atoms with van der Waals surface area (Å²) >= 11 is 0. The number of hydrogen-bond donors (Lipinski definition) is 8. The molecule has 2 aromatic rings. The van der Waals surface area contributed by atoms with Gasteiger partial charge < -0.3 is 37.3 Å². The fourth-order valence-electron chi connectivity index (χ4n) is 4.07. The quantitative estimate of drug-likeness (QED) is 0.105. The zero-order valence-corrected chi connectivity index (χ0v) is 22.2. The molecular formula is C26H42N8O3. The minimum Gasteiger partial charge on any atom is -0.361 e. The maximum atomic E-state index is 13.4. The molecule has 1 aromatic carbocycles. The second-order valence-corrected chi connectivity index (χ2v) is 9.51. The van der Waals surface area contributed by atoms with E-state index in [9.17, 15) is 14.4 Å². The average Bonchev–Trinajstić information content (AvgIpc) is 3.27. The Kier molecular flexibility index (Phi) is 11.9. The van der Waals surface area contributed by atoms with E-state index in [1.807, 2.05) is 51.2 Å². The third-order valence-corrected chi connectivity index (χ3v) is 6.00. The molecule has 0 spiro atoms. The Bertz CT molecular complexity index is 1050. The first kappa shape index (κ1) is 29.6. The molecule has 11 heteroatoms. The Balaban J connectivity index is 2.17. The van der Waals surface area contributed by atoms with Gasteiger partial charge in [-0.1, -0.05) is 32.0 Å². The van der Waals surface area contributed by atoms with Crippen LogP contribution in [0.2, 0.25) is 0 Å². The van der Waals surface area contributed by atoms with Gasteiger partial charge in [0.15, 0.2) is 5.96 Å². The predicted octanol–water partition coefficient (Wildman–Crippen LogP) is 0.713. The summed E-state index contributed by atoms with van der Waals surface area (Å²) in [7, 11) is 1.64. The molecule has 0 aliphatic heterocycles. The van der Waals surface area contributed by atoms with E-state index in [2.05, 4.69) is 31.6 Å². The second-order valence-electron chi connectivity index (χ2n) is 9.51. The number of benzene rings is 1. The van der Waals surface area contributed by atoms with Crippen molar-refractivity contribution < 1.29 is 14.4 Å². The van der Waals surface area contributed by atoms with Gasteiger partial charge in [-0.25, -0.2) is 0 Å². The lowest BCUT2D eigenvalue weighted by molar-refractivity contribution is -0.132. The summed E-state index contributed by atoms with van der Waals surface area (Å²) in [4.78, 5) is 42.2. The summed E-state index contributed by atoms with van der Waals surface area (Å²) in [5.41, 5.74) is 7.90. The maximum Gasteiger partial charge on any atom is 0.243 e. The van der Waals surface area contributed by atoms with E-state index >= 15 is 0 Å². The van der Waals surface area contributed by atoms with Gasteiger partial charge in [0, 0.05) is 43.7 Å². The lowest BCUT2D eigenvalue weighted by atomic mass is 10.0. The number of aromatic nitrogens is 1. The molecule has 37 heavy (non-hydrogen) atoms. The van der Waals surface area contributed by atoms with E-state index in [1.165, 1.54) is 0 Å². The molecule has 0 aliphatic carbocycles. The topological polar surface area (TPSA) is 177 Å². The maximum absolute atomic E-state index is 13.4. The SMILES string of the molecule is CCNC(=O)[C@H](Cc1c[nH]c2ccccc12)NC(=O)[C@H](CCCNC(=N)NC)NC(=O)[C@@H](N)CC(C)C. The standard InChI is InChI=1S/C26H42N8O3/c1-5-30-24(36)22(14-17-15-32-20-10-7-6-9-18(17)20)34-25(37)21(11-8-12-31-26(28)29-4)33-23(35)19(27)13-16(2)3/h6-7,9-10,15-16,19,21-22,32H,5,8,11-14,27H2,1-4H3,(H,30,36)(H,33,35)(H,34,37)(H3,28,29,31)/t19-,21-,22-/m0/s1. The number of amides is 3. The number of para-hydroxylation sites is 1. The van der Waals surface area contributed by atoms with Crippen LogP contribution in [0.1, 0.15) is 45.6 Å². The smallest absolute Gasteiger partial charge is 0.243 e. The van der Waals surface area contributed by atoms with Gasteiger partial charge in [0.2, 0.25) is 17.7 Å². The van der Waals surface area contributed by atoms with Crippen LogP contribution >= 0.6 is 0 Å². The van der Waals surface area contributed by atoms with Crippen LogP contribution < -0.4 is 32.3 Å². The minimum atomic E-state index is -0.879. The van der Waals surface area contributed by atoms with Crippen molar-refractivity contribution in [2.75, 3.05) is 20.1 Å². The summed E-state index contributed by atoms with van der Waals surface area (Å²) < 4.78 is 0. The third kappa shape index (κ3) is 9.41. The summed E-state index contributed by atoms with van der Waals surface area (Å²) in [5.74, 6) is -0.769. The lowest BCUT2D eigenvalue weighted by Crippen LogP contribution is -2.56. The molecule has 0 aliphatic rings. The van der Waals surface area contributed by atoms with Gasteiger partial charge in [-0.3, -0.25) is 19.8 Å². The molecule has 0 bridgehead atoms. The molecule has 3 amide bonds. The Hall–Kier alpha value is -3.60. The van der Waals surface area contributed by atoms with Crippen molar-refractivity contribution in [1.29, 1.82) is 5.41 Å². The first-order valence-corrected chi connectivity index (χ1v) is 12.8. The lowest BCUT2D eigenvalue weighted by Gasteiger charge is -2.24. The van der Waals surface area contributed by atoms with Crippen molar-refractivity contribution in [3.63, 3.8) is 0 Å². The Morgan fingerprint density at radius 1 is 1.03 bits per heavy atom. The van der Waals surface area contributed by atoms with Crippen LogP contribution in [0.15, 0.2) is 30.5 Å². The summed E-state index contributed by atoms with van der Waals surface area (Å²) in [5, 5.41) is 22.6. The zero-order chi connectivity index (χ0) is 27.4. The van der Waals surface area contributed by atoms with Crippen LogP contribution in [-0.4, -0.2) is 66.9 Å². The van der Waals surface area contributed by atoms with Crippen LogP contribution in [0.3, 0.4) is 0 Å². The number of nitrogens with one attached hydrogen (secondary N) is 7. The predicted molar refractivity (Wildman–Crippen MR) is 146 cm³/mol. The molecule has 9 N–H and O–H groups in total. The highest BCUT2D eigenvalue weighted by Crippen LogP contribution is 2.19. The summed E-state index contributed by atoms with van der Waals surface area (Å²) in [6.45, 7) is 6.62. The number of guanidine groups is 1. The highest BCUT2D eigenvalue weighted by Gasteiger charge is 2.28. The molecular weight excluding hydrogens is 472 g/mol. The third-order valence-electron chi connectivity index (χ3n) is 6.00. The van der Waals surface area contributed by atoms with Crippen molar-refractivity contribution in [3.8, 4) is 0 Å².